The van der Waals surface area contributed by atoms with Gasteiger partial charge in [0.1, 0.15) is 17.6 Å². The number of ether oxygens (including phenoxy) is 2. The molecule has 28 heavy (non-hydrogen) atoms. The molecule has 0 spiro atoms. The van der Waals surface area contributed by atoms with Crippen molar-refractivity contribution in [2.24, 2.45) is 4.99 Å². The summed E-state index contributed by atoms with van der Waals surface area (Å²) in [5, 5.41) is 0.434. The fourth-order valence-corrected chi connectivity index (χ4v) is 2.80. The van der Waals surface area contributed by atoms with Gasteiger partial charge in [0.15, 0.2) is 11.1 Å². The van der Waals surface area contributed by atoms with Gasteiger partial charge in [-0.15, -0.1) is 0 Å². The maximum atomic E-state index is 12.6. The van der Waals surface area contributed by atoms with E-state index in [1.54, 1.807) is 43.5 Å². The van der Waals surface area contributed by atoms with Crippen LogP contribution in [0.4, 0.5) is 0 Å². The average molecular weight is 373 g/mol. The van der Waals surface area contributed by atoms with Crippen molar-refractivity contribution in [1.29, 1.82) is 0 Å². The summed E-state index contributed by atoms with van der Waals surface area (Å²) in [5.41, 5.74) is 1.31. The molecule has 3 aromatic rings. The minimum Gasteiger partial charge on any atom is -0.496 e. The standard InChI is InChI=1S/C22H15NO5/c1-26-18-8-4-2-6-14(18)10-11-20-23-17(22(25)28-20)12-15-13-27-19-9-5-3-7-16(19)21(15)24/h2-13H,1H3/b11-10+,17-12-. The Kier molecular flexibility index (Phi) is 4.60. The first kappa shape index (κ1) is 17.5. The first-order valence-corrected chi connectivity index (χ1v) is 8.50. The van der Waals surface area contributed by atoms with Crippen LogP contribution in [0.1, 0.15) is 11.1 Å². The van der Waals surface area contributed by atoms with Crippen LogP contribution in [0.15, 0.2) is 80.8 Å². The van der Waals surface area contributed by atoms with Gasteiger partial charge in [-0.3, -0.25) is 4.79 Å². The number of fused-ring (bicyclic) bond motifs is 1. The Morgan fingerprint density at radius 1 is 0.964 bits per heavy atom. The van der Waals surface area contributed by atoms with E-state index in [9.17, 15) is 9.59 Å². The molecular formula is C22H15NO5. The second-order valence-corrected chi connectivity index (χ2v) is 5.96. The molecule has 0 amide bonds. The lowest BCUT2D eigenvalue weighted by Gasteiger charge is -2.02. The molecular weight excluding hydrogens is 358 g/mol. The van der Waals surface area contributed by atoms with Crippen LogP contribution in [0.5, 0.6) is 5.75 Å². The Labute approximate surface area is 160 Å². The number of methoxy groups -OCH3 is 1. The fraction of sp³-hybridized carbons (Fsp3) is 0.0455. The number of cyclic esters (lactones) is 1. The SMILES string of the molecule is COc1ccccc1/C=C/C1=NC(=C\c2coc3ccccc3c2=O)/C(=O)O1. The highest BCUT2D eigenvalue weighted by Gasteiger charge is 2.22. The van der Waals surface area contributed by atoms with E-state index in [1.165, 1.54) is 12.3 Å². The molecule has 4 rings (SSSR count). The van der Waals surface area contributed by atoms with Gasteiger partial charge in [-0.25, -0.2) is 9.79 Å². The van der Waals surface area contributed by atoms with E-state index in [0.717, 1.165) is 5.56 Å². The van der Waals surface area contributed by atoms with Crippen molar-refractivity contribution < 1.29 is 18.7 Å². The summed E-state index contributed by atoms with van der Waals surface area (Å²) >= 11 is 0. The number of para-hydroxylation sites is 2. The van der Waals surface area contributed by atoms with Crippen LogP contribution in [-0.4, -0.2) is 19.0 Å². The minimum atomic E-state index is -0.632. The van der Waals surface area contributed by atoms with Crippen LogP contribution in [0, 0.1) is 0 Å². The molecule has 0 atom stereocenters. The first-order chi connectivity index (χ1) is 13.7. The molecule has 138 valence electrons. The van der Waals surface area contributed by atoms with E-state index in [2.05, 4.69) is 4.99 Å². The van der Waals surface area contributed by atoms with E-state index in [4.69, 9.17) is 13.9 Å². The predicted molar refractivity (Wildman–Crippen MR) is 106 cm³/mol. The summed E-state index contributed by atoms with van der Waals surface area (Å²) in [7, 11) is 1.58. The second-order valence-electron chi connectivity index (χ2n) is 5.96. The summed E-state index contributed by atoms with van der Waals surface area (Å²) < 4.78 is 15.9. The monoisotopic (exact) mass is 373 g/mol. The quantitative estimate of drug-likeness (QED) is 0.513. The van der Waals surface area contributed by atoms with Gasteiger partial charge in [0.25, 0.3) is 0 Å². The maximum absolute atomic E-state index is 12.6. The molecule has 0 radical (unpaired) electrons. The molecule has 6 nitrogen and oxygen atoms in total. The highest BCUT2D eigenvalue weighted by atomic mass is 16.6. The molecule has 0 unspecified atom stereocenters. The van der Waals surface area contributed by atoms with Crippen LogP contribution in [0.2, 0.25) is 0 Å². The lowest BCUT2D eigenvalue weighted by Crippen LogP contribution is -2.06. The largest absolute Gasteiger partial charge is 0.496 e. The van der Waals surface area contributed by atoms with Crippen LogP contribution >= 0.6 is 0 Å². The number of rotatable bonds is 4. The average Bonchev–Trinajstić information content (AvgIpc) is 3.08. The van der Waals surface area contributed by atoms with Gasteiger partial charge in [0.05, 0.1) is 18.1 Å². The van der Waals surface area contributed by atoms with Gasteiger partial charge in [0.2, 0.25) is 5.90 Å². The third-order valence-corrected chi connectivity index (χ3v) is 4.18. The molecule has 0 saturated heterocycles. The zero-order valence-electron chi connectivity index (χ0n) is 14.9. The number of hydrogen-bond donors (Lipinski definition) is 0. The number of nitrogens with zero attached hydrogens (tertiary/aromatic N) is 1. The first-order valence-electron chi connectivity index (χ1n) is 8.50. The Morgan fingerprint density at radius 3 is 2.61 bits per heavy atom. The molecule has 1 aromatic heterocycles. The Hall–Kier alpha value is -3.93. The maximum Gasteiger partial charge on any atom is 0.363 e. The number of benzene rings is 2. The third kappa shape index (κ3) is 3.35. The zero-order chi connectivity index (χ0) is 19.5. The zero-order valence-corrected chi connectivity index (χ0v) is 14.9. The molecule has 6 heteroatoms. The normalized spacial score (nSPS) is 15.2. The van der Waals surface area contributed by atoms with Gasteiger partial charge in [0, 0.05) is 11.6 Å². The van der Waals surface area contributed by atoms with Gasteiger partial charge < -0.3 is 13.9 Å². The summed E-state index contributed by atoms with van der Waals surface area (Å²) in [6.45, 7) is 0. The predicted octanol–water partition coefficient (Wildman–Crippen LogP) is 3.81. The van der Waals surface area contributed by atoms with Gasteiger partial charge in [-0.2, -0.15) is 0 Å². The number of carbonyl (C=O) groups excluding carboxylic acids is 1. The van der Waals surface area contributed by atoms with Crippen LogP contribution in [0.25, 0.3) is 23.1 Å². The van der Waals surface area contributed by atoms with Crippen LogP contribution in [0.3, 0.4) is 0 Å². The van der Waals surface area contributed by atoms with Gasteiger partial charge in [-0.05, 0) is 30.4 Å². The van der Waals surface area contributed by atoms with E-state index < -0.39 is 5.97 Å². The van der Waals surface area contributed by atoms with Crippen molar-refractivity contribution in [2.45, 2.75) is 0 Å². The molecule has 0 fully saturated rings. The van der Waals surface area contributed by atoms with Crippen molar-refractivity contribution in [3.63, 3.8) is 0 Å². The number of aliphatic imine (C=N–C) groups is 1. The molecule has 1 aliphatic heterocycles. The van der Waals surface area contributed by atoms with Gasteiger partial charge in [-0.1, -0.05) is 30.3 Å². The Balaban J connectivity index is 1.65. The molecule has 0 saturated carbocycles. The lowest BCUT2D eigenvalue weighted by molar-refractivity contribution is -0.129. The fourth-order valence-electron chi connectivity index (χ4n) is 2.80. The van der Waals surface area contributed by atoms with Crippen molar-refractivity contribution in [2.75, 3.05) is 7.11 Å². The van der Waals surface area contributed by atoms with Crippen molar-refractivity contribution in [3.8, 4) is 5.75 Å². The van der Waals surface area contributed by atoms with Crippen LogP contribution < -0.4 is 10.2 Å². The van der Waals surface area contributed by atoms with Crippen molar-refractivity contribution in [1.82, 2.24) is 0 Å². The van der Waals surface area contributed by atoms with Crippen LogP contribution in [-0.2, 0) is 9.53 Å². The second kappa shape index (κ2) is 7.36. The summed E-state index contributed by atoms with van der Waals surface area (Å²) in [5.74, 6) is 0.188. The van der Waals surface area contributed by atoms with E-state index >= 15 is 0 Å². The topological polar surface area (TPSA) is 78.1 Å². The number of hydrogen-bond acceptors (Lipinski definition) is 6. The lowest BCUT2D eigenvalue weighted by atomic mass is 10.1. The summed E-state index contributed by atoms with van der Waals surface area (Å²) in [6, 6.07) is 14.3. The smallest absolute Gasteiger partial charge is 0.363 e. The molecule has 2 aromatic carbocycles. The molecule has 0 bridgehead atoms. The van der Waals surface area contributed by atoms with E-state index in [0.29, 0.717) is 16.7 Å². The highest BCUT2D eigenvalue weighted by molar-refractivity contribution is 6.11. The number of carbonyl (C=O) groups is 1. The van der Waals surface area contributed by atoms with Gasteiger partial charge >= 0.3 is 5.97 Å². The van der Waals surface area contributed by atoms with E-state index in [1.807, 2.05) is 24.3 Å². The van der Waals surface area contributed by atoms with Crippen molar-refractivity contribution in [3.05, 3.63) is 87.9 Å². The molecule has 2 heterocycles. The summed E-state index contributed by atoms with van der Waals surface area (Å²) in [4.78, 5) is 28.8. The van der Waals surface area contributed by atoms with Crippen molar-refractivity contribution >= 4 is 35.0 Å². The summed E-state index contributed by atoms with van der Waals surface area (Å²) in [6.07, 6.45) is 5.98. The third-order valence-electron chi connectivity index (χ3n) is 4.18. The van der Waals surface area contributed by atoms with E-state index in [-0.39, 0.29) is 22.6 Å². The Bertz CT molecular complexity index is 1220. The minimum absolute atomic E-state index is 0.0299. The number of esters is 1. The Morgan fingerprint density at radius 2 is 1.75 bits per heavy atom. The molecule has 0 aliphatic carbocycles. The molecule has 0 N–H and O–H groups in total. The highest BCUT2D eigenvalue weighted by Crippen LogP contribution is 2.21. The molecule has 1 aliphatic rings.